The number of alkyl halides is 1. The zero-order chi connectivity index (χ0) is 28.5. The second-order valence-electron chi connectivity index (χ2n) is 11.2. The van der Waals surface area contributed by atoms with Crippen molar-refractivity contribution in [1.29, 1.82) is 0 Å². The van der Waals surface area contributed by atoms with Gasteiger partial charge in [0.25, 0.3) is 5.88 Å². The van der Waals surface area contributed by atoms with E-state index in [0.29, 0.717) is 30.0 Å². The molecule has 0 amide bonds. The Bertz CT molecular complexity index is 1320. The van der Waals surface area contributed by atoms with Crippen LogP contribution in [0, 0.1) is 0 Å². The highest BCUT2D eigenvalue weighted by Gasteiger charge is 2.58. The minimum absolute atomic E-state index is 0.0313. The van der Waals surface area contributed by atoms with E-state index in [9.17, 15) is 4.79 Å². The number of piperidine rings is 2. The van der Waals surface area contributed by atoms with Gasteiger partial charge in [-0.15, -0.1) is 10.2 Å². The zero-order valence-electron chi connectivity index (χ0n) is 23.4. The van der Waals surface area contributed by atoms with Gasteiger partial charge in [0.1, 0.15) is 23.0 Å². The average molecular weight is 555 g/mol. The van der Waals surface area contributed by atoms with Gasteiger partial charge in [-0.05, 0) is 59.2 Å². The molecular weight excluding hydrogens is 519 g/mol. The number of nitrogens with zero attached hydrogens (tertiary/aromatic N) is 6. The van der Waals surface area contributed by atoms with Gasteiger partial charge < -0.3 is 23.5 Å². The van der Waals surface area contributed by atoms with Crippen molar-refractivity contribution in [1.82, 2.24) is 29.6 Å². The van der Waals surface area contributed by atoms with Gasteiger partial charge in [0, 0.05) is 38.0 Å². The summed E-state index contributed by atoms with van der Waals surface area (Å²) in [6.45, 7) is 5.52. The fraction of sp³-hybridized carbons (Fsp3) is 0.536. The third-order valence-electron chi connectivity index (χ3n) is 7.46. The predicted molar refractivity (Wildman–Crippen MR) is 143 cm³/mol. The van der Waals surface area contributed by atoms with E-state index in [0.717, 1.165) is 12.1 Å². The molecule has 12 heteroatoms. The second kappa shape index (κ2) is 11.1. The fourth-order valence-electron chi connectivity index (χ4n) is 5.52. The van der Waals surface area contributed by atoms with E-state index < -0.39 is 29.5 Å². The van der Waals surface area contributed by atoms with Crippen LogP contribution < -0.4 is 9.47 Å². The van der Waals surface area contributed by atoms with Crippen molar-refractivity contribution in [3.05, 3.63) is 43.1 Å². The topological polar surface area (TPSA) is 114 Å². The highest BCUT2D eigenvalue weighted by atomic mass is 19.1. The third kappa shape index (κ3) is 5.50. The number of hydrogen-bond acceptors (Lipinski definition) is 10. The van der Waals surface area contributed by atoms with Crippen LogP contribution in [-0.2, 0) is 14.3 Å². The fourth-order valence-corrected chi connectivity index (χ4v) is 5.52. The average Bonchev–Trinajstić information content (AvgIpc) is 3.46. The zero-order valence-corrected chi connectivity index (χ0v) is 23.4. The molecule has 4 atom stereocenters. The monoisotopic (exact) mass is 554 g/mol. The van der Waals surface area contributed by atoms with Crippen molar-refractivity contribution in [2.75, 3.05) is 21.0 Å². The lowest BCUT2D eigenvalue weighted by molar-refractivity contribution is -0.188. The van der Waals surface area contributed by atoms with E-state index in [1.54, 1.807) is 19.6 Å². The smallest absolute Gasteiger partial charge is 0.327 e. The van der Waals surface area contributed by atoms with E-state index in [4.69, 9.17) is 18.9 Å². The molecule has 1 aromatic carbocycles. The molecule has 2 fully saturated rings. The number of ether oxygens (including phenoxy) is 4. The quantitative estimate of drug-likeness (QED) is 0.301. The molecule has 0 aliphatic carbocycles. The van der Waals surface area contributed by atoms with Crippen molar-refractivity contribution >= 4 is 5.97 Å². The number of benzene rings is 1. The normalized spacial score (nSPS) is 24.9. The predicted octanol–water partition coefficient (Wildman–Crippen LogP) is 3.76. The molecule has 0 radical (unpaired) electrons. The van der Waals surface area contributed by atoms with Crippen LogP contribution >= 0.6 is 0 Å². The van der Waals surface area contributed by atoms with Crippen LogP contribution in [-0.4, -0.2) is 86.0 Å². The first-order valence-corrected chi connectivity index (χ1v) is 13.3. The summed E-state index contributed by atoms with van der Waals surface area (Å²) in [7, 11) is 3.33. The Kier molecular flexibility index (Phi) is 7.74. The van der Waals surface area contributed by atoms with Crippen molar-refractivity contribution in [3.63, 3.8) is 0 Å². The van der Waals surface area contributed by atoms with E-state index in [1.165, 1.54) is 13.3 Å². The van der Waals surface area contributed by atoms with Gasteiger partial charge >= 0.3 is 5.97 Å². The van der Waals surface area contributed by atoms with Gasteiger partial charge in [0.05, 0.1) is 23.8 Å². The van der Waals surface area contributed by atoms with Crippen molar-refractivity contribution < 1.29 is 28.1 Å². The summed E-state index contributed by atoms with van der Waals surface area (Å²) in [6, 6.07) is 5.06. The minimum Gasteiger partial charge on any atom is -0.469 e. The molecule has 0 saturated carbocycles. The molecule has 0 spiro atoms. The second-order valence-corrected chi connectivity index (χ2v) is 11.2. The highest BCUT2D eigenvalue weighted by molar-refractivity contribution is 5.82. The summed E-state index contributed by atoms with van der Waals surface area (Å²) in [4.78, 5) is 23.7. The molecule has 40 heavy (non-hydrogen) atoms. The molecular formula is C28H35FN6O5. The van der Waals surface area contributed by atoms with E-state index in [-0.39, 0.29) is 25.1 Å². The van der Waals surface area contributed by atoms with E-state index in [2.05, 4.69) is 20.2 Å². The van der Waals surface area contributed by atoms with Crippen molar-refractivity contribution in [2.24, 2.45) is 0 Å². The summed E-state index contributed by atoms with van der Waals surface area (Å²) in [5.41, 5.74) is -0.187. The van der Waals surface area contributed by atoms with Crippen LogP contribution in [0.15, 0.2) is 43.1 Å². The molecule has 5 rings (SSSR count). The van der Waals surface area contributed by atoms with Gasteiger partial charge in [-0.25, -0.2) is 14.4 Å². The number of imidazole rings is 1. The van der Waals surface area contributed by atoms with E-state index in [1.807, 2.05) is 54.6 Å². The molecule has 2 saturated heterocycles. The lowest BCUT2D eigenvalue weighted by Crippen LogP contribution is -2.70. The number of methoxy groups -OCH3 is 1. The van der Waals surface area contributed by atoms with E-state index >= 15 is 4.39 Å². The van der Waals surface area contributed by atoms with Crippen molar-refractivity contribution in [2.45, 2.75) is 75.9 Å². The Morgan fingerprint density at radius 3 is 2.75 bits per heavy atom. The van der Waals surface area contributed by atoms with Gasteiger partial charge in [-0.1, -0.05) is 0 Å². The molecule has 2 aromatic heterocycles. The number of carbonyl (C=O) groups is 1. The van der Waals surface area contributed by atoms with Gasteiger partial charge in [-0.2, -0.15) is 0 Å². The lowest BCUT2D eigenvalue weighted by atomic mass is 9.72. The third-order valence-corrected chi connectivity index (χ3v) is 7.46. The van der Waals surface area contributed by atoms with Crippen LogP contribution in [0.1, 0.15) is 46.5 Å². The number of fused-ring (bicyclic) bond motifs is 2. The minimum atomic E-state index is -1.31. The summed E-state index contributed by atoms with van der Waals surface area (Å²) in [5, 5.41) is 8.42. The number of halogens is 1. The van der Waals surface area contributed by atoms with Crippen molar-refractivity contribution in [3.8, 4) is 28.7 Å². The maximum Gasteiger partial charge on any atom is 0.327 e. The molecule has 1 unspecified atom stereocenters. The summed E-state index contributed by atoms with van der Waals surface area (Å²) in [6.07, 6.45) is 6.47. The Labute approximate surface area is 232 Å². The molecule has 3 aromatic rings. The van der Waals surface area contributed by atoms with Crippen LogP contribution in [0.4, 0.5) is 4.39 Å². The number of likely N-dealkylation sites (N-methyl/N-ethyl adjacent to an activating group) is 1. The Balaban J connectivity index is 1.37. The number of hydrogen-bond donors (Lipinski definition) is 0. The Morgan fingerprint density at radius 2 is 2.08 bits per heavy atom. The van der Waals surface area contributed by atoms with Gasteiger partial charge in [0.2, 0.25) is 0 Å². The number of carbonyl (C=O) groups excluding carboxylic acids is 1. The standard InChI is InChI=1S/C28H35FN6O5/c1-27(2,3)40-26(36)28-10-6-7-20(34(28)4)24(29)22(14-28)39-23-15-31-25(33-32-23)19-9-8-18(35-12-11-30-16-35)13-21(19)38-17-37-5/h8-9,11-13,15-16,20,22,24H,6-7,10,14,17H2,1-5H3/t20?,22-,24-,28-/m1/s1. The molecule has 11 nitrogen and oxygen atoms in total. The van der Waals surface area contributed by atoms with Crippen LogP contribution in [0.25, 0.3) is 17.1 Å². The molecule has 214 valence electrons. The molecule has 2 bridgehead atoms. The highest BCUT2D eigenvalue weighted by Crippen LogP contribution is 2.44. The summed E-state index contributed by atoms with van der Waals surface area (Å²) < 4.78 is 40.1. The van der Waals surface area contributed by atoms with Gasteiger partial charge in [-0.3, -0.25) is 9.69 Å². The van der Waals surface area contributed by atoms with Crippen LogP contribution in [0.2, 0.25) is 0 Å². The number of aromatic nitrogens is 5. The maximum absolute atomic E-state index is 15.7. The molecule has 0 N–H and O–H groups in total. The van der Waals surface area contributed by atoms with Crippen LogP contribution in [0.3, 0.4) is 0 Å². The van der Waals surface area contributed by atoms with Crippen LogP contribution in [0.5, 0.6) is 11.6 Å². The SMILES string of the molecule is COCOc1cc(-n2ccnc2)ccc1-c1ncc(O[C@@H]2C[C@@]3(C(=O)OC(C)(C)C)CCCC([C@H]2F)N3C)nn1. The largest absolute Gasteiger partial charge is 0.469 e. The maximum atomic E-state index is 15.7. The summed E-state index contributed by atoms with van der Waals surface area (Å²) >= 11 is 0. The van der Waals surface area contributed by atoms with Gasteiger partial charge in [0.15, 0.2) is 18.8 Å². The number of rotatable bonds is 8. The first kappa shape index (κ1) is 27.9. The lowest BCUT2D eigenvalue weighted by Gasteiger charge is -2.54. The first-order chi connectivity index (χ1) is 19.1. The first-order valence-electron chi connectivity index (χ1n) is 13.3. The molecule has 4 heterocycles. The Hall–Kier alpha value is -3.64. The molecule has 2 aliphatic heterocycles. The summed E-state index contributed by atoms with van der Waals surface area (Å²) in [5.74, 6) is 0.524. The Morgan fingerprint density at radius 1 is 1.25 bits per heavy atom. The number of esters is 1. The molecule has 2 aliphatic rings.